The molecule has 9 nitrogen and oxygen atoms in total. The molecule has 3 rings (SSSR count). The standard InChI is InChI=1S/C20H17N3O6S/c1-12-16(18(24)25)17(14-8-5-9-15(10-14)23(28)29)22(20(26)27)19(21-12)30-11-13-6-3-2-4-7-13/h2-10,17H,11H2,1H3,(H,24,25)(H,26,27). The van der Waals surface area contributed by atoms with Crippen LogP contribution in [0, 0.1) is 10.1 Å². The number of hydrogen-bond donors (Lipinski definition) is 2. The molecule has 0 saturated heterocycles. The number of hydrogen-bond acceptors (Lipinski definition) is 6. The predicted octanol–water partition coefficient (Wildman–Crippen LogP) is 4.28. The van der Waals surface area contributed by atoms with Crippen LogP contribution in [0.3, 0.4) is 0 Å². The quantitative estimate of drug-likeness (QED) is 0.537. The highest BCUT2D eigenvalue weighted by Gasteiger charge is 2.40. The molecule has 0 spiro atoms. The second kappa shape index (κ2) is 8.78. The fourth-order valence-electron chi connectivity index (χ4n) is 3.11. The number of thioether (sulfide) groups is 1. The van der Waals surface area contributed by atoms with Gasteiger partial charge in [0, 0.05) is 17.9 Å². The van der Waals surface area contributed by atoms with Crippen molar-refractivity contribution < 1.29 is 24.7 Å². The zero-order chi connectivity index (χ0) is 21.8. The topological polar surface area (TPSA) is 133 Å². The van der Waals surface area contributed by atoms with Gasteiger partial charge >= 0.3 is 12.1 Å². The Kier molecular flexibility index (Phi) is 6.17. The highest BCUT2D eigenvalue weighted by Crippen LogP contribution is 2.39. The number of nitro benzene ring substituents is 1. The van der Waals surface area contributed by atoms with Gasteiger partial charge in [-0.2, -0.15) is 0 Å². The van der Waals surface area contributed by atoms with E-state index >= 15 is 0 Å². The number of rotatable bonds is 5. The third-order valence-electron chi connectivity index (χ3n) is 4.43. The smallest absolute Gasteiger partial charge is 0.414 e. The van der Waals surface area contributed by atoms with Crippen molar-refractivity contribution in [2.45, 2.75) is 18.7 Å². The van der Waals surface area contributed by atoms with Crippen molar-refractivity contribution >= 4 is 34.7 Å². The van der Waals surface area contributed by atoms with Gasteiger partial charge in [0.15, 0.2) is 5.17 Å². The van der Waals surface area contributed by atoms with E-state index in [1.165, 1.54) is 31.2 Å². The first-order chi connectivity index (χ1) is 14.3. The van der Waals surface area contributed by atoms with Crippen molar-refractivity contribution in [1.29, 1.82) is 0 Å². The molecule has 1 unspecified atom stereocenters. The molecule has 0 aliphatic carbocycles. The molecule has 1 amide bonds. The molecule has 1 heterocycles. The van der Waals surface area contributed by atoms with Crippen molar-refractivity contribution in [3.63, 3.8) is 0 Å². The van der Waals surface area contributed by atoms with Crippen LogP contribution in [0.4, 0.5) is 10.5 Å². The Bertz CT molecular complexity index is 1070. The van der Waals surface area contributed by atoms with Crippen LogP contribution in [0.1, 0.15) is 24.1 Å². The lowest BCUT2D eigenvalue weighted by Crippen LogP contribution is -2.42. The lowest BCUT2D eigenvalue weighted by atomic mass is 9.94. The van der Waals surface area contributed by atoms with E-state index in [0.717, 1.165) is 22.2 Å². The van der Waals surface area contributed by atoms with E-state index in [-0.39, 0.29) is 27.7 Å². The maximum atomic E-state index is 12.1. The number of aliphatic imine (C=N–C) groups is 1. The number of amidine groups is 1. The largest absolute Gasteiger partial charge is 0.478 e. The third-order valence-corrected chi connectivity index (χ3v) is 5.46. The molecule has 2 aromatic rings. The number of carboxylic acid groups (broad SMARTS) is 2. The van der Waals surface area contributed by atoms with Crippen molar-refractivity contribution in [2.24, 2.45) is 4.99 Å². The van der Waals surface area contributed by atoms with Gasteiger partial charge in [-0.1, -0.05) is 54.2 Å². The Morgan fingerprint density at radius 3 is 2.47 bits per heavy atom. The molecular weight excluding hydrogens is 410 g/mol. The molecule has 0 fully saturated rings. The van der Waals surface area contributed by atoms with Crippen LogP contribution in [-0.2, 0) is 10.5 Å². The maximum absolute atomic E-state index is 12.1. The van der Waals surface area contributed by atoms with E-state index in [1.807, 2.05) is 30.3 Å². The van der Waals surface area contributed by atoms with Gasteiger partial charge in [0.2, 0.25) is 0 Å². The summed E-state index contributed by atoms with van der Waals surface area (Å²) in [6.45, 7) is 1.48. The van der Waals surface area contributed by atoms with Crippen LogP contribution in [0.2, 0.25) is 0 Å². The minimum Gasteiger partial charge on any atom is -0.478 e. The molecule has 1 aliphatic rings. The number of carboxylic acids is 1. The SMILES string of the molecule is CC1=C(C(=O)O)C(c2cccc([N+](=O)[O-])c2)N(C(=O)O)C(SCc2ccccc2)=N1. The van der Waals surface area contributed by atoms with E-state index in [9.17, 15) is 29.9 Å². The van der Waals surface area contributed by atoms with Crippen molar-refractivity contribution in [2.75, 3.05) is 0 Å². The van der Waals surface area contributed by atoms with Crippen LogP contribution in [0.5, 0.6) is 0 Å². The first-order valence-electron chi connectivity index (χ1n) is 8.75. The molecule has 1 atom stereocenters. The number of carbonyl (C=O) groups is 2. The highest BCUT2D eigenvalue weighted by molar-refractivity contribution is 8.13. The van der Waals surface area contributed by atoms with E-state index in [4.69, 9.17) is 0 Å². The van der Waals surface area contributed by atoms with Crippen molar-refractivity contribution in [3.8, 4) is 0 Å². The minimum atomic E-state index is -1.41. The number of nitro groups is 1. The Balaban J connectivity index is 2.08. The Labute approximate surface area is 175 Å². The summed E-state index contributed by atoms with van der Waals surface area (Å²) >= 11 is 1.15. The van der Waals surface area contributed by atoms with Crippen molar-refractivity contribution in [3.05, 3.63) is 87.1 Å². The first-order valence-corrected chi connectivity index (χ1v) is 9.74. The van der Waals surface area contributed by atoms with Gasteiger partial charge in [0.1, 0.15) is 6.04 Å². The molecule has 10 heteroatoms. The monoisotopic (exact) mass is 427 g/mol. The second-order valence-corrected chi connectivity index (χ2v) is 7.32. The molecule has 2 N–H and O–H groups in total. The summed E-state index contributed by atoms with van der Waals surface area (Å²) in [5.41, 5.74) is 0.749. The van der Waals surface area contributed by atoms with Crippen LogP contribution in [0.15, 0.2) is 70.9 Å². The third kappa shape index (κ3) is 4.33. The fourth-order valence-corrected chi connectivity index (χ4v) is 4.12. The maximum Gasteiger partial charge on any atom is 0.414 e. The van der Waals surface area contributed by atoms with Gasteiger partial charge in [-0.3, -0.25) is 10.1 Å². The molecule has 0 bridgehead atoms. The van der Waals surface area contributed by atoms with Gasteiger partial charge in [-0.25, -0.2) is 19.5 Å². The molecule has 30 heavy (non-hydrogen) atoms. The zero-order valence-electron chi connectivity index (χ0n) is 15.8. The average Bonchev–Trinajstić information content (AvgIpc) is 2.71. The number of allylic oxidation sites excluding steroid dienone is 1. The van der Waals surface area contributed by atoms with E-state index in [1.54, 1.807) is 0 Å². The van der Waals surface area contributed by atoms with Crippen LogP contribution in [-0.4, -0.2) is 37.3 Å². The molecule has 154 valence electrons. The number of nitrogens with zero attached hydrogens (tertiary/aromatic N) is 3. The van der Waals surface area contributed by atoms with E-state index < -0.39 is 23.0 Å². The summed E-state index contributed by atoms with van der Waals surface area (Å²) in [5, 5.41) is 30.9. The van der Waals surface area contributed by atoms with Crippen LogP contribution < -0.4 is 0 Å². The fraction of sp³-hybridized carbons (Fsp3) is 0.150. The normalized spacial score (nSPS) is 16.2. The number of aliphatic carboxylic acids is 1. The van der Waals surface area contributed by atoms with Gasteiger partial charge in [-0.15, -0.1) is 0 Å². The van der Waals surface area contributed by atoms with Crippen LogP contribution >= 0.6 is 11.8 Å². The van der Waals surface area contributed by atoms with E-state index in [2.05, 4.69) is 4.99 Å². The number of non-ortho nitro benzene ring substituents is 1. The molecule has 0 radical (unpaired) electrons. The van der Waals surface area contributed by atoms with Gasteiger partial charge in [0.25, 0.3) is 5.69 Å². The van der Waals surface area contributed by atoms with Crippen molar-refractivity contribution in [1.82, 2.24) is 4.90 Å². The van der Waals surface area contributed by atoms with Gasteiger partial charge in [0.05, 0.1) is 16.2 Å². The molecular formula is C20H17N3O6S. The second-order valence-electron chi connectivity index (χ2n) is 6.38. The van der Waals surface area contributed by atoms with Gasteiger partial charge < -0.3 is 10.2 Å². The molecule has 2 aromatic carbocycles. The van der Waals surface area contributed by atoms with Crippen LogP contribution in [0.25, 0.3) is 0 Å². The van der Waals surface area contributed by atoms with E-state index in [0.29, 0.717) is 5.75 Å². The molecule has 0 saturated carbocycles. The number of amides is 1. The predicted molar refractivity (Wildman–Crippen MR) is 111 cm³/mol. The summed E-state index contributed by atoms with van der Waals surface area (Å²) in [4.78, 5) is 39.7. The summed E-state index contributed by atoms with van der Waals surface area (Å²) in [6.07, 6.45) is -1.41. The average molecular weight is 427 g/mol. The highest BCUT2D eigenvalue weighted by atomic mass is 32.2. The summed E-state index contributed by atoms with van der Waals surface area (Å²) in [6, 6.07) is 13.4. The molecule has 0 aromatic heterocycles. The molecule has 1 aliphatic heterocycles. The lowest BCUT2D eigenvalue weighted by molar-refractivity contribution is -0.384. The zero-order valence-corrected chi connectivity index (χ0v) is 16.6. The first kappa shape index (κ1) is 21.1. The minimum absolute atomic E-state index is 0.102. The lowest BCUT2D eigenvalue weighted by Gasteiger charge is -2.34. The number of benzene rings is 2. The Morgan fingerprint density at radius 2 is 1.87 bits per heavy atom. The Morgan fingerprint density at radius 1 is 1.17 bits per heavy atom. The Hall–Kier alpha value is -3.66. The van der Waals surface area contributed by atoms with Gasteiger partial charge in [-0.05, 0) is 18.1 Å². The summed E-state index contributed by atoms with van der Waals surface area (Å²) < 4.78 is 0. The summed E-state index contributed by atoms with van der Waals surface area (Å²) in [5.74, 6) is -0.924. The summed E-state index contributed by atoms with van der Waals surface area (Å²) in [7, 11) is 0.